The topological polar surface area (TPSA) is 37.8 Å². The summed E-state index contributed by atoms with van der Waals surface area (Å²) in [6.07, 6.45) is 1.60. The van der Waals surface area contributed by atoms with E-state index in [1.807, 2.05) is 14.0 Å². The number of nitrogens with one attached hydrogen (secondary N) is 1. The van der Waals surface area contributed by atoms with Gasteiger partial charge >= 0.3 is 0 Å². The lowest BCUT2D eigenvalue weighted by molar-refractivity contribution is 1.13. The molecule has 0 radical (unpaired) electrons. The van der Waals surface area contributed by atoms with E-state index in [1.165, 1.54) is 9.75 Å². The van der Waals surface area contributed by atoms with Gasteiger partial charge in [-0.05, 0) is 26.0 Å². The highest BCUT2D eigenvalue weighted by molar-refractivity contribution is 7.15. The number of thiophene rings is 1. The first kappa shape index (κ1) is 10.1. The van der Waals surface area contributed by atoms with Crippen LogP contribution in [0.3, 0.4) is 0 Å². The largest absolute Gasteiger partial charge is 0.373 e. The maximum Gasteiger partial charge on any atom is 0.132 e. The molecule has 0 aliphatic rings. The number of hydrogen-bond donors (Lipinski definition) is 1. The van der Waals surface area contributed by atoms with Crippen LogP contribution in [0.15, 0.2) is 18.5 Å². The normalized spacial score (nSPS) is 10.3. The van der Waals surface area contributed by atoms with Gasteiger partial charge in [0.05, 0.1) is 10.6 Å². The van der Waals surface area contributed by atoms with Crippen LogP contribution in [0.5, 0.6) is 0 Å². The molecular weight excluding hydrogens is 206 g/mol. The van der Waals surface area contributed by atoms with E-state index in [9.17, 15) is 0 Å². The van der Waals surface area contributed by atoms with Crippen LogP contribution in [-0.4, -0.2) is 17.0 Å². The average molecular weight is 219 g/mol. The van der Waals surface area contributed by atoms with Crippen molar-refractivity contribution >= 4 is 17.2 Å². The second-order valence-electron chi connectivity index (χ2n) is 3.36. The van der Waals surface area contributed by atoms with Gasteiger partial charge in [-0.15, -0.1) is 11.3 Å². The third-order valence-electron chi connectivity index (χ3n) is 2.29. The maximum atomic E-state index is 4.33. The van der Waals surface area contributed by atoms with Gasteiger partial charge in [0.2, 0.25) is 0 Å². The van der Waals surface area contributed by atoms with E-state index in [4.69, 9.17) is 0 Å². The summed E-state index contributed by atoms with van der Waals surface area (Å²) >= 11 is 1.76. The molecule has 1 N–H and O–H groups in total. The SMILES string of the molecule is CNc1ncnc(-c2ccc(C)s2)c1C. The van der Waals surface area contributed by atoms with Crippen molar-refractivity contribution in [3.05, 3.63) is 28.9 Å². The van der Waals surface area contributed by atoms with E-state index in [0.717, 1.165) is 17.1 Å². The van der Waals surface area contributed by atoms with E-state index in [1.54, 1.807) is 17.7 Å². The molecule has 0 amide bonds. The van der Waals surface area contributed by atoms with Gasteiger partial charge in [-0.3, -0.25) is 0 Å². The molecule has 0 spiro atoms. The smallest absolute Gasteiger partial charge is 0.132 e. The molecule has 15 heavy (non-hydrogen) atoms. The van der Waals surface area contributed by atoms with Crippen molar-refractivity contribution in [3.8, 4) is 10.6 Å². The molecule has 2 aromatic heterocycles. The molecular formula is C11H13N3S. The van der Waals surface area contributed by atoms with Crippen LogP contribution in [0, 0.1) is 13.8 Å². The van der Waals surface area contributed by atoms with Gasteiger partial charge in [0.1, 0.15) is 12.1 Å². The minimum Gasteiger partial charge on any atom is -0.373 e. The van der Waals surface area contributed by atoms with Crippen molar-refractivity contribution in [2.24, 2.45) is 0 Å². The Hall–Kier alpha value is -1.42. The molecule has 2 aromatic rings. The van der Waals surface area contributed by atoms with Crippen molar-refractivity contribution in [1.82, 2.24) is 9.97 Å². The van der Waals surface area contributed by atoms with Crippen LogP contribution in [0.2, 0.25) is 0 Å². The van der Waals surface area contributed by atoms with Gasteiger partial charge in [0.25, 0.3) is 0 Å². The minimum absolute atomic E-state index is 0.894. The Kier molecular flexibility index (Phi) is 2.68. The molecule has 2 heterocycles. The van der Waals surface area contributed by atoms with Crippen molar-refractivity contribution in [1.29, 1.82) is 0 Å². The molecule has 0 saturated carbocycles. The lowest BCUT2D eigenvalue weighted by Crippen LogP contribution is -1.98. The van der Waals surface area contributed by atoms with Gasteiger partial charge < -0.3 is 5.32 Å². The quantitative estimate of drug-likeness (QED) is 0.844. The second kappa shape index (κ2) is 3.98. The molecule has 78 valence electrons. The zero-order valence-corrected chi connectivity index (χ0v) is 9.85. The lowest BCUT2D eigenvalue weighted by Gasteiger charge is -2.06. The van der Waals surface area contributed by atoms with Gasteiger partial charge in [-0.2, -0.15) is 0 Å². The van der Waals surface area contributed by atoms with E-state index in [-0.39, 0.29) is 0 Å². The summed E-state index contributed by atoms with van der Waals surface area (Å²) < 4.78 is 0. The molecule has 0 aromatic carbocycles. The molecule has 0 atom stereocenters. The number of rotatable bonds is 2. The summed E-state index contributed by atoms with van der Waals surface area (Å²) in [7, 11) is 1.87. The van der Waals surface area contributed by atoms with Crippen LogP contribution in [-0.2, 0) is 0 Å². The second-order valence-corrected chi connectivity index (χ2v) is 4.64. The number of anilines is 1. The summed E-state index contributed by atoms with van der Waals surface area (Å²) in [5, 5.41) is 3.07. The molecule has 0 bridgehead atoms. The Morgan fingerprint density at radius 1 is 1.20 bits per heavy atom. The summed E-state index contributed by atoms with van der Waals surface area (Å²) in [5.74, 6) is 0.894. The third-order valence-corrected chi connectivity index (χ3v) is 3.30. The molecule has 0 aliphatic heterocycles. The number of nitrogens with zero attached hydrogens (tertiary/aromatic N) is 2. The molecule has 0 fully saturated rings. The first-order chi connectivity index (χ1) is 7.22. The maximum absolute atomic E-state index is 4.33. The number of aromatic nitrogens is 2. The fourth-order valence-electron chi connectivity index (χ4n) is 1.51. The lowest BCUT2D eigenvalue weighted by atomic mass is 10.2. The van der Waals surface area contributed by atoms with Gasteiger partial charge in [0.15, 0.2) is 0 Å². The van der Waals surface area contributed by atoms with Crippen molar-refractivity contribution in [3.63, 3.8) is 0 Å². The van der Waals surface area contributed by atoms with Gasteiger partial charge in [-0.1, -0.05) is 0 Å². The molecule has 3 nitrogen and oxygen atoms in total. The number of hydrogen-bond acceptors (Lipinski definition) is 4. The van der Waals surface area contributed by atoms with Crippen LogP contribution in [0.4, 0.5) is 5.82 Å². The molecule has 0 aliphatic carbocycles. The highest BCUT2D eigenvalue weighted by Crippen LogP contribution is 2.30. The summed E-state index contributed by atoms with van der Waals surface area (Å²) in [5.41, 5.74) is 2.12. The summed E-state index contributed by atoms with van der Waals surface area (Å²) in [6, 6.07) is 4.22. The molecule has 2 rings (SSSR count). The zero-order chi connectivity index (χ0) is 10.8. The van der Waals surface area contributed by atoms with Crippen LogP contribution >= 0.6 is 11.3 Å². The average Bonchev–Trinajstić information content (AvgIpc) is 2.65. The van der Waals surface area contributed by atoms with E-state index in [0.29, 0.717) is 0 Å². The summed E-state index contributed by atoms with van der Waals surface area (Å²) in [4.78, 5) is 11.0. The third kappa shape index (κ3) is 1.85. The Balaban J connectivity index is 2.53. The fourth-order valence-corrected chi connectivity index (χ4v) is 2.43. The van der Waals surface area contributed by atoms with Crippen molar-refractivity contribution < 1.29 is 0 Å². The fraction of sp³-hybridized carbons (Fsp3) is 0.273. The predicted octanol–water partition coefficient (Wildman–Crippen LogP) is 2.86. The first-order valence-corrected chi connectivity index (χ1v) is 5.60. The minimum atomic E-state index is 0.894. The van der Waals surface area contributed by atoms with E-state index < -0.39 is 0 Å². The monoisotopic (exact) mass is 219 g/mol. The van der Waals surface area contributed by atoms with Crippen LogP contribution in [0.1, 0.15) is 10.4 Å². The number of aryl methyl sites for hydroxylation is 1. The Bertz CT molecular complexity index is 476. The van der Waals surface area contributed by atoms with Gasteiger partial charge in [-0.25, -0.2) is 9.97 Å². The molecule has 0 saturated heterocycles. The van der Waals surface area contributed by atoms with Gasteiger partial charge in [0, 0.05) is 17.5 Å². The van der Waals surface area contributed by atoms with Crippen molar-refractivity contribution in [2.75, 3.05) is 12.4 Å². The Labute approximate surface area is 93.2 Å². The van der Waals surface area contributed by atoms with E-state index >= 15 is 0 Å². The predicted molar refractivity (Wildman–Crippen MR) is 64.4 cm³/mol. The van der Waals surface area contributed by atoms with Crippen LogP contribution in [0.25, 0.3) is 10.6 Å². The highest BCUT2D eigenvalue weighted by Gasteiger charge is 2.09. The highest BCUT2D eigenvalue weighted by atomic mass is 32.1. The molecule has 0 unspecified atom stereocenters. The zero-order valence-electron chi connectivity index (χ0n) is 9.03. The van der Waals surface area contributed by atoms with Crippen LogP contribution < -0.4 is 5.32 Å². The Morgan fingerprint density at radius 2 is 2.00 bits per heavy atom. The van der Waals surface area contributed by atoms with E-state index in [2.05, 4.69) is 34.3 Å². The Morgan fingerprint density at radius 3 is 2.60 bits per heavy atom. The van der Waals surface area contributed by atoms with Crippen molar-refractivity contribution in [2.45, 2.75) is 13.8 Å². The standard InChI is InChI=1S/C11H13N3S/c1-7-4-5-9(15-7)10-8(2)11(12-3)14-6-13-10/h4-6H,1-3H3,(H,12,13,14). The first-order valence-electron chi connectivity index (χ1n) is 4.78. The summed E-state index contributed by atoms with van der Waals surface area (Å²) in [6.45, 7) is 4.14. The molecule has 4 heteroatoms.